The van der Waals surface area contributed by atoms with Crippen LogP contribution in [0.4, 0.5) is 5.82 Å². The zero-order valence-electron chi connectivity index (χ0n) is 9.06. The maximum Gasteiger partial charge on any atom is 0.151 e. The van der Waals surface area contributed by atoms with Crippen LogP contribution in [0.3, 0.4) is 0 Å². The lowest BCUT2D eigenvalue weighted by Crippen LogP contribution is -2.39. The molecule has 0 spiro atoms. The molecule has 0 aromatic carbocycles. The van der Waals surface area contributed by atoms with E-state index in [0.29, 0.717) is 6.54 Å². The number of aromatic nitrogens is 2. The van der Waals surface area contributed by atoms with Crippen molar-refractivity contribution >= 4 is 5.82 Å². The summed E-state index contributed by atoms with van der Waals surface area (Å²) in [5.74, 6) is 0.817. The van der Waals surface area contributed by atoms with Crippen molar-refractivity contribution in [2.45, 2.75) is 31.3 Å². The van der Waals surface area contributed by atoms with Crippen LogP contribution in [-0.4, -0.2) is 34.5 Å². The molecule has 0 bridgehead atoms. The van der Waals surface area contributed by atoms with E-state index in [9.17, 15) is 5.11 Å². The molecule has 15 heavy (non-hydrogen) atoms. The molecule has 1 saturated carbocycles. The predicted molar refractivity (Wildman–Crippen MR) is 58.7 cm³/mol. The highest BCUT2D eigenvalue weighted by Gasteiger charge is 2.32. The van der Waals surface area contributed by atoms with Crippen molar-refractivity contribution in [3.8, 4) is 0 Å². The van der Waals surface area contributed by atoms with E-state index in [1.54, 1.807) is 6.20 Å². The molecule has 2 rings (SSSR count). The van der Waals surface area contributed by atoms with Gasteiger partial charge in [-0.15, -0.1) is 5.10 Å². The number of hydrogen-bond donors (Lipinski definition) is 1. The fraction of sp³-hybridized carbons (Fsp3) is 0.636. The number of aliphatic hydroxyl groups is 1. The van der Waals surface area contributed by atoms with Crippen molar-refractivity contribution in [1.29, 1.82) is 0 Å². The Bertz CT molecular complexity index is 309. The molecule has 1 aliphatic rings. The van der Waals surface area contributed by atoms with Crippen LogP contribution in [0.25, 0.3) is 0 Å². The van der Waals surface area contributed by atoms with E-state index in [0.717, 1.165) is 31.5 Å². The maximum absolute atomic E-state index is 10.2. The number of rotatable bonds is 3. The predicted octanol–water partition coefficient (Wildman–Crippen LogP) is 1.22. The van der Waals surface area contributed by atoms with Crippen molar-refractivity contribution in [3.63, 3.8) is 0 Å². The summed E-state index contributed by atoms with van der Waals surface area (Å²) in [6, 6.07) is 3.77. The third-order valence-electron chi connectivity index (χ3n) is 3.02. The molecular weight excluding hydrogens is 190 g/mol. The highest BCUT2D eigenvalue weighted by molar-refractivity contribution is 5.35. The van der Waals surface area contributed by atoms with Crippen LogP contribution in [0.15, 0.2) is 18.3 Å². The Morgan fingerprint density at radius 2 is 2.20 bits per heavy atom. The fourth-order valence-electron chi connectivity index (χ4n) is 2.21. The van der Waals surface area contributed by atoms with Crippen LogP contribution in [0, 0.1) is 0 Å². The molecule has 4 heteroatoms. The summed E-state index contributed by atoms with van der Waals surface area (Å²) in [4.78, 5) is 1.97. The Hall–Kier alpha value is -1.16. The molecule has 0 saturated heterocycles. The standard InChI is InChI=1S/C11H17N3O/c1-14(10-5-4-8-12-13-10)9-11(15)6-2-3-7-11/h4-5,8,15H,2-3,6-7,9H2,1H3. The summed E-state index contributed by atoms with van der Waals surface area (Å²) in [7, 11) is 1.94. The molecular formula is C11H17N3O. The summed E-state index contributed by atoms with van der Waals surface area (Å²) >= 11 is 0. The number of anilines is 1. The van der Waals surface area contributed by atoms with Gasteiger partial charge in [0.25, 0.3) is 0 Å². The first kappa shape index (κ1) is 10.4. The second-order valence-corrected chi connectivity index (χ2v) is 4.37. The fourth-order valence-corrected chi connectivity index (χ4v) is 2.21. The van der Waals surface area contributed by atoms with Gasteiger partial charge in [0.1, 0.15) is 0 Å². The van der Waals surface area contributed by atoms with Crippen molar-refractivity contribution in [2.24, 2.45) is 0 Å². The zero-order chi connectivity index (χ0) is 10.7. The number of likely N-dealkylation sites (N-methyl/N-ethyl adjacent to an activating group) is 1. The van der Waals surface area contributed by atoms with Gasteiger partial charge in [0.2, 0.25) is 0 Å². The van der Waals surface area contributed by atoms with Crippen molar-refractivity contribution in [2.75, 3.05) is 18.5 Å². The molecule has 0 atom stereocenters. The second-order valence-electron chi connectivity index (χ2n) is 4.37. The molecule has 1 fully saturated rings. The molecule has 1 aromatic heterocycles. The second kappa shape index (κ2) is 4.14. The Morgan fingerprint density at radius 3 is 2.80 bits per heavy atom. The minimum Gasteiger partial charge on any atom is -0.388 e. The molecule has 0 aliphatic heterocycles. The smallest absolute Gasteiger partial charge is 0.151 e. The third-order valence-corrected chi connectivity index (χ3v) is 3.02. The molecule has 82 valence electrons. The minimum absolute atomic E-state index is 0.522. The van der Waals surface area contributed by atoms with Crippen molar-refractivity contribution < 1.29 is 5.11 Å². The summed E-state index contributed by atoms with van der Waals surface area (Å²) in [6.07, 6.45) is 5.71. The number of nitrogens with zero attached hydrogens (tertiary/aromatic N) is 3. The van der Waals surface area contributed by atoms with Gasteiger partial charge in [-0.05, 0) is 25.0 Å². The normalized spacial score (nSPS) is 19.1. The molecule has 1 aliphatic carbocycles. The van der Waals surface area contributed by atoms with Gasteiger partial charge in [0.05, 0.1) is 5.60 Å². The largest absolute Gasteiger partial charge is 0.388 e. The van der Waals surface area contributed by atoms with Gasteiger partial charge in [-0.2, -0.15) is 5.10 Å². The molecule has 1 N–H and O–H groups in total. The summed E-state index contributed by atoms with van der Waals surface area (Å²) in [5.41, 5.74) is -0.522. The van der Waals surface area contributed by atoms with E-state index in [-0.39, 0.29) is 0 Å². The van der Waals surface area contributed by atoms with Crippen LogP contribution >= 0.6 is 0 Å². The van der Waals surface area contributed by atoms with E-state index >= 15 is 0 Å². The SMILES string of the molecule is CN(CC1(O)CCCC1)c1cccnn1. The van der Waals surface area contributed by atoms with Gasteiger partial charge >= 0.3 is 0 Å². The monoisotopic (exact) mass is 207 g/mol. The maximum atomic E-state index is 10.2. The molecule has 1 heterocycles. The third kappa shape index (κ3) is 2.45. The van der Waals surface area contributed by atoms with Crippen LogP contribution in [0.5, 0.6) is 0 Å². The van der Waals surface area contributed by atoms with Gasteiger partial charge < -0.3 is 10.0 Å². The first-order chi connectivity index (χ1) is 7.20. The van der Waals surface area contributed by atoms with Gasteiger partial charge in [-0.3, -0.25) is 0 Å². The van der Waals surface area contributed by atoms with Crippen LogP contribution < -0.4 is 4.90 Å². The van der Waals surface area contributed by atoms with Crippen molar-refractivity contribution in [3.05, 3.63) is 18.3 Å². The lowest BCUT2D eigenvalue weighted by atomic mass is 10.0. The zero-order valence-corrected chi connectivity index (χ0v) is 9.06. The lowest BCUT2D eigenvalue weighted by Gasteiger charge is -2.28. The van der Waals surface area contributed by atoms with Crippen LogP contribution in [0.1, 0.15) is 25.7 Å². The highest BCUT2D eigenvalue weighted by Crippen LogP contribution is 2.30. The highest BCUT2D eigenvalue weighted by atomic mass is 16.3. The van der Waals surface area contributed by atoms with E-state index in [1.165, 1.54) is 0 Å². The Labute approximate surface area is 89.9 Å². The van der Waals surface area contributed by atoms with Gasteiger partial charge in [0, 0.05) is 19.8 Å². The van der Waals surface area contributed by atoms with Crippen LogP contribution in [-0.2, 0) is 0 Å². The molecule has 4 nitrogen and oxygen atoms in total. The quantitative estimate of drug-likeness (QED) is 0.809. The van der Waals surface area contributed by atoms with Gasteiger partial charge in [0.15, 0.2) is 5.82 Å². The summed E-state index contributed by atoms with van der Waals surface area (Å²) in [5, 5.41) is 18.1. The molecule has 1 aromatic rings. The Kier molecular flexibility index (Phi) is 2.86. The Balaban J connectivity index is 2.00. The van der Waals surface area contributed by atoms with Crippen LogP contribution in [0.2, 0.25) is 0 Å². The van der Waals surface area contributed by atoms with E-state index in [2.05, 4.69) is 10.2 Å². The molecule has 0 amide bonds. The average Bonchev–Trinajstić information content (AvgIpc) is 2.66. The topological polar surface area (TPSA) is 49.2 Å². The van der Waals surface area contributed by atoms with Crippen molar-refractivity contribution in [1.82, 2.24) is 10.2 Å². The molecule has 0 unspecified atom stereocenters. The summed E-state index contributed by atoms with van der Waals surface area (Å²) in [6.45, 7) is 0.645. The van der Waals surface area contributed by atoms with E-state index in [4.69, 9.17) is 0 Å². The first-order valence-corrected chi connectivity index (χ1v) is 5.41. The molecule has 0 radical (unpaired) electrons. The number of hydrogen-bond acceptors (Lipinski definition) is 4. The average molecular weight is 207 g/mol. The summed E-state index contributed by atoms with van der Waals surface area (Å²) < 4.78 is 0. The lowest BCUT2D eigenvalue weighted by molar-refractivity contribution is 0.0557. The first-order valence-electron chi connectivity index (χ1n) is 5.41. The van der Waals surface area contributed by atoms with Gasteiger partial charge in [-0.1, -0.05) is 12.8 Å². The van der Waals surface area contributed by atoms with E-state index < -0.39 is 5.60 Å². The minimum atomic E-state index is -0.522. The Morgan fingerprint density at radius 1 is 1.47 bits per heavy atom. The van der Waals surface area contributed by atoms with Gasteiger partial charge in [-0.25, -0.2) is 0 Å². The van der Waals surface area contributed by atoms with E-state index in [1.807, 2.05) is 24.1 Å².